The molecule has 0 saturated carbocycles. The first-order valence-corrected chi connectivity index (χ1v) is 13.7. The Bertz CT molecular complexity index is 1330. The van der Waals surface area contributed by atoms with Crippen molar-refractivity contribution in [1.29, 1.82) is 0 Å². The Kier molecular flexibility index (Phi) is 5.89. The number of anilines is 2. The first-order chi connectivity index (χ1) is 17.3. The Morgan fingerprint density at radius 1 is 1.28 bits per heavy atom. The van der Waals surface area contributed by atoms with Crippen LogP contribution in [-0.4, -0.2) is 53.3 Å². The van der Waals surface area contributed by atoms with E-state index in [-0.39, 0.29) is 23.6 Å². The number of hydrogen-bond donors (Lipinski definition) is 3. The third kappa shape index (κ3) is 4.03. The van der Waals surface area contributed by atoms with Crippen molar-refractivity contribution in [2.75, 3.05) is 30.3 Å². The first kappa shape index (κ1) is 23.6. The average Bonchev–Trinajstić information content (AvgIpc) is 3.35. The smallest absolute Gasteiger partial charge is 0.263 e. The van der Waals surface area contributed by atoms with Gasteiger partial charge in [-0.05, 0) is 75.6 Å². The van der Waals surface area contributed by atoms with Gasteiger partial charge in [0.15, 0.2) is 0 Å². The van der Waals surface area contributed by atoms with Crippen LogP contribution in [0.4, 0.5) is 11.5 Å². The van der Waals surface area contributed by atoms with E-state index in [4.69, 9.17) is 21.2 Å². The third-order valence-corrected chi connectivity index (χ3v) is 9.17. The summed E-state index contributed by atoms with van der Waals surface area (Å²) in [5, 5.41) is 4.11. The molecule has 0 aromatic carbocycles. The number of hydrogen-bond acceptors (Lipinski definition) is 8. The SMILES string of the molecule is Cc1cc(C)c2c(N)c(C(=O)NC3CCc4nc(N5CC(N)C6(CCCCO6)C5)ccc4C3)sc2n1. The molecule has 2 aliphatic heterocycles. The number of ether oxygens (including phenoxy) is 1. The summed E-state index contributed by atoms with van der Waals surface area (Å²) in [7, 11) is 0. The zero-order valence-corrected chi connectivity index (χ0v) is 21.8. The minimum absolute atomic E-state index is 0.0134. The van der Waals surface area contributed by atoms with Crippen LogP contribution < -0.4 is 21.7 Å². The van der Waals surface area contributed by atoms with Gasteiger partial charge >= 0.3 is 0 Å². The standard InChI is InChI=1S/C27H34N6O2S/c1-15-11-16(2)30-26-22(15)23(29)24(36-26)25(34)31-18-6-7-19-17(12-18)5-8-21(32-19)33-13-20(28)27(14-33)9-3-4-10-35-27/h5,8,11,18,20H,3-4,6-7,9-10,12-14,28-29H2,1-2H3,(H,31,34). The normalized spacial score (nSPS) is 25.9. The Morgan fingerprint density at radius 3 is 2.94 bits per heavy atom. The van der Waals surface area contributed by atoms with Crippen LogP contribution in [0.1, 0.15) is 57.9 Å². The van der Waals surface area contributed by atoms with Gasteiger partial charge in [-0.3, -0.25) is 4.79 Å². The maximum absolute atomic E-state index is 13.2. The number of nitrogen functional groups attached to an aromatic ring is 1. The summed E-state index contributed by atoms with van der Waals surface area (Å²) in [6.07, 6.45) is 5.77. The van der Waals surface area contributed by atoms with Gasteiger partial charge in [0.25, 0.3) is 5.91 Å². The van der Waals surface area contributed by atoms with Crippen LogP contribution in [0.25, 0.3) is 10.2 Å². The monoisotopic (exact) mass is 506 g/mol. The van der Waals surface area contributed by atoms with E-state index in [0.29, 0.717) is 10.6 Å². The Balaban J connectivity index is 1.15. The number of aromatic nitrogens is 2. The summed E-state index contributed by atoms with van der Waals surface area (Å²) in [4.78, 5) is 26.4. The summed E-state index contributed by atoms with van der Waals surface area (Å²) in [5.74, 6) is 0.864. The van der Waals surface area contributed by atoms with Gasteiger partial charge < -0.3 is 26.4 Å². The van der Waals surface area contributed by atoms with E-state index in [0.717, 1.165) is 84.8 Å². The fourth-order valence-electron chi connectivity index (χ4n) is 6.16. The van der Waals surface area contributed by atoms with Crippen molar-refractivity contribution in [3.63, 3.8) is 0 Å². The van der Waals surface area contributed by atoms with Gasteiger partial charge in [-0.25, -0.2) is 9.97 Å². The molecule has 3 aromatic heterocycles. The molecular formula is C27H34N6O2S. The highest BCUT2D eigenvalue weighted by molar-refractivity contribution is 7.21. The molecule has 3 aromatic rings. The number of aryl methyl sites for hydroxylation is 3. The Labute approximate surface area is 215 Å². The molecule has 1 amide bonds. The number of nitrogens with two attached hydrogens (primary N) is 2. The van der Waals surface area contributed by atoms with Gasteiger partial charge in [0, 0.05) is 36.0 Å². The van der Waals surface area contributed by atoms with Gasteiger partial charge in [-0.15, -0.1) is 11.3 Å². The zero-order valence-electron chi connectivity index (χ0n) is 21.0. The van der Waals surface area contributed by atoms with Crippen LogP contribution in [0.3, 0.4) is 0 Å². The van der Waals surface area contributed by atoms with Crippen LogP contribution in [0, 0.1) is 13.8 Å². The number of pyridine rings is 2. The van der Waals surface area contributed by atoms with Crippen molar-refractivity contribution in [1.82, 2.24) is 15.3 Å². The van der Waals surface area contributed by atoms with Gasteiger partial charge in [0.05, 0.1) is 18.3 Å². The molecule has 2 saturated heterocycles. The second-order valence-electron chi connectivity index (χ2n) is 10.7. The quantitative estimate of drug-likeness (QED) is 0.499. The van der Waals surface area contributed by atoms with Crippen LogP contribution in [0.5, 0.6) is 0 Å². The minimum atomic E-state index is -0.230. The van der Waals surface area contributed by atoms with Crippen molar-refractivity contribution < 1.29 is 9.53 Å². The Hall–Kier alpha value is -2.75. The lowest BCUT2D eigenvalue weighted by Gasteiger charge is -2.36. The molecule has 0 radical (unpaired) electrons. The summed E-state index contributed by atoms with van der Waals surface area (Å²) in [6.45, 7) is 6.35. The number of nitrogens with zero attached hydrogens (tertiary/aromatic N) is 3. The molecule has 9 heteroatoms. The highest BCUT2D eigenvalue weighted by atomic mass is 32.1. The van der Waals surface area contributed by atoms with Crippen LogP contribution in [-0.2, 0) is 17.6 Å². The summed E-state index contributed by atoms with van der Waals surface area (Å²) in [6, 6.07) is 6.33. The van der Waals surface area contributed by atoms with Crippen LogP contribution in [0.2, 0.25) is 0 Å². The predicted molar refractivity (Wildman–Crippen MR) is 144 cm³/mol. The number of fused-ring (bicyclic) bond motifs is 2. The molecule has 2 fully saturated rings. The average molecular weight is 507 g/mol. The van der Waals surface area contributed by atoms with E-state index in [1.165, 1.54) is 23.3 Å². The number of thiophene rings is 1. The number of rotatable bonds is 3. The molecule has 3 unspecified atom stereocenters. The molecule has 6 rings (SSSR count). The second-order valence-corrected chi connectivity index (χ2v) is 11.7. The van der Waals surface area contributed by atoms with Gasteiger partial charge in [-0.1, -0.05) is 6.07 Å². The second kappa shape index (κ2) is 8.97. The molecule has 5 N–H and O–H groups in total. The molecule has 1 aliphatic carbocycles. The lowest BCUT2D eigenvalue weighted by molar-refractivity contribution is -0.0717. The van der Waals surface area contributed by atoms with Gasteiger partial charge in [0.1, 0.15) is 21.1 Å². The molecule has 8 nitrogen and oxygen atoms in total. The summed E-state index contributed by atoms with van der Waals surface area (Å²) in [5.41, 5.74) is 17.5. The van der Waals surface area contributed by atoms with Crippen LogP contribution in [0.15, 0.2) is 18.2 Å². The van der Waals surface area contributed by atoms with E-state index in [1.807, 2.05) is 19.9 Å². The molecule has 3 atom stereocenters. The highest BCUT2D eigenvalue weighted by Gasteiger charge is 2.47. The van der Waals surface area contributed by atoms with Crippen molar-refractivity contribution in [2.24, 2.45) is 5.73 Å². The molecule has 36 heavy (non-hydrogen) atoms. The summed E-state index contributed by atoms with van der Waals surface area (Å²) < 4.78 is 6.18. The molecule has 0 bridgehead atoms. The molecule has 1 spiro atoms. The minimum Gasteiger partial charge on any atom is -0.397 e. The van der Waals surface area contributed by atoms with E-state index in [9.17, 15) is 4.79 Å². The maximum atomic E-state index is 13.2. The fraction of sp³-hybridized carbons (Fsp3) is 0.519. The van der Waals surface area contributed by atoms with Crippen molar-refractivity contribution in [3.05, 3.63) is 45.6 Å². The predicted octanol–water partition coefficient (Wildman–Crippen LogP) is 3.26. The van der Waals surface area contributed by atoms with E-state index in [1.54, 1.807) is 0 Å². The third-order valence-electron chi connectivity index (χ3n) is 8.07. The molecule has 5 heterocycles. The first-order valence-electron chi connectivity index (χ1n) is 12.9. The summed E-state index contributed by atoms with van der Waals surface area (Å²) >= 11 is 1.37. The number of carbonyl (C=O) groups is 1. The molecular weight excluding hydrogens is 472 g/mol. The lowest BCUT2D eigenvalue weighted by atomic mass is 9.89. The van der Waals surface area contributed by atoms with Crippen LogP contribution >= 0.6 is 11.3 Å². The van der Waals surface area contributed by atoms with E-state index < -0.39 is 0 Å². The highest BCUT2D eigenvalue weighted by Crippen LogP contribution is 2.37. The zero-order chi connectivity index (χ0) is 25.0. The topological polar surface area (TPSA) is 119 Å². The maximum Gasteiger partial charge on any atom is 0.263 e. The fourth-order valence-corrected chi connectivity index (χ4v) is 7.28. The van der Waals surface area contributed by atoms with E-state index >= 15 is 0 Å². The number of carbonyl (C=O) groups excluding carboxylic acids is 1. The Morgan fingerprint density at radius 2 is 2.14 bits per heavy atom. The van der Waals surface area contributed by atoms with E-state index in [2.05, 4.69) is 27.3 Å². The molecule has 3 aliphatic rings. The van der Waals surface area contributed by atoms with Crippen molar-refractivity contribution in [2.45, 2.75) is 70.1 Å². The number of amides is 1. The largest absolute Gasteiger partial charge is 0.397 e. The molecule has 190 valence electrons. The van der Waals surface area contributed by atoms with Crippen molar-refractivity contribution >= 4 is 39.0 Å². The number of nitrogens with one attached hydrogen (secondary N) is 1. The van der Waals surface area contributed by atoms with Crippen molar-refractivity contribution in [3.8, 4) is 0 Å². The van der Waals surface area contributed by atoms with Gasteiger partial charge in [0.2, 0.25) is 0 Å². The lowest BCUT2D eigenvalue weighted by Crippen LogP contribution is -2.51. The van der Waals surface area contributed by atoms with Gasteiger partial charge in [-0.2, -0.15) is 0 Å².